The maximum absolute atomic E-state index is 12.3. The number of nitrogens with one attached hydrogen (secondary N) is 1. The van der Waals surface area contributed by atoms with E-state index in [1.165, 1.54) is 11.3 Å². The van der Waals surface area contributed by atoms with E-state index < -0.39 is 0 Å². The standard InChI is InChI=1S/C15H22N2OS/c1-11(10-19-3)17(2)15(18)8-12-9-16-14-7-5-4-6-13(12)14/h4-7,11-12,16H,8-10H2,1-3H3. The van der Waals surface area contributed by atoms with Crippen molar-refractivity contribution in [1.29, 1.82) is 0 Å². The first kappa shape index (κ1) is 14.3. The average molecular weight is 278 g/mol. The van der Waals surface area contributed by atoms with Crippen LogP contribution in [0, 0.1) is 0 Å². The van der Waals surface area contributed by atoms with Crippen LogP contribution in [0.25, 0.3) is 0 Å². The van der Waals surface area contributed by atoms with E-state index in [1.807, 2.05) is 24.1 Å². The van der Waals surface area contributed by atoms with E-state index >= 15 is 0 Å². The van der Waals surface area contributed by atoms with Crippen molar-refractivity contribution in [1.82, 2.24) is 4.90 Å². The molecule has 104 valence electrons. The van der Waals surface area contributed by atoms with Crippen molar-refractivity contribution in [2.24, 2.45) is 0 Å². The van der Waals surface area contributed by atoms with Crippen LogP contribution in [0.5, 0.6) is 0 Å². The smallest absolute Gasteiger partial charge is 0.223 e. The number of rotatable bonds is 5. The molecule has 1 amide bonds. The normalized spacial score (nSPS) is 18.6. The highest BCUT2D eigenvalue weighted by Gasteiger charge is 2.26. The number of hydrogen-bond acceptors (Lipinski definition) is 3. The lowest BCUT2D eigenvalue weighted by atomic mass is 9.97. The summed E-state index contributed by atoms with van der Waals surface area (Å²) in [5.74, 6) is 1.54. The molecule has 1 aromatic rings. The quantitative estimate of drug-likeness (QED) is 0.899. The predicted molar refractivity (Wildman–Crippen MR) is 82.9 cm³/mol. The Balaban J connectivity index is 1.97. The van der Waals surface area contributed by atoms with Crippen molar-refractivity contribution in [2.45, 2.75) is 25.3 Å². The van der Waals surface area contributed by atoms with Crippen LogP contribution >= 0.6 is 11.8 Å². The van der Waals surface area contributed by atoms with Crippen LogP contribution in [0.4, 0.5) is 5.69 Å². The summed E-state index contributed by atoms with van der Waals surface area (Å²) < 4.78 is 0. The Hall–Kier alpha value is -1.16. The molecular weight excluding hydrogens is 256 g/mol. The molecule has 0 radical (unpaired) electrons. The van der Waals surface area contributed by atoms with Gasteiger partial charge >= 0.3 is 0 Å². The third-order valence-electron chi connectivity index (χ3n) is 3.82. The highest BCUT2D eigenvalue weighted by Crippen LogP contribution is 2.33. The highest BCUT2D eigenvalue weighted by molar-refractivity contribution is 7.98. The summed E-state index contributed by atoms with van der Waals surface area (Å²) in [5.41, 5.74) is 2.46. The number of benzene rings is 1. The molecule has 0 aliphatic carbocycles. The molecule has 4 heteroatoms. The summed E-state index contributed by atoms with van der Waals surface area (Å²) in [7, 11) is 1.91. The van der Waals surface area contributed by atoms with Gasteiger partial charge < -0.3 is 10.2 Å². The van der Waals surface area contributed by atoms with Gasteiger partial charge in [0.2, 0.25) is 5.91 Å². The molecule has 1 aromatic carbocycles. The van der Waals surface area contributed by atoms with Crippen LogP contribution in [0.3, 0.4) is 0 Å². The van der Waals surface area contributed by atoms with E-state index in [0.717, 1.165) is 12.3 Å². The SMILES string of the molecule is CSCC(C)N(C)C(=O)CC1CNc2ccccc21. The zero-order valence-corrected chi connectivity index (χ0v) is 12.7. The highest BCUT2D eigenvalue weighted by atomic mass is 32.2. The fraction of sp³-hybridized carbons (Fsp3) is 0.533. The van der Waals surface area contributed by atoms with Gasteiger partial charge in [-0.1, -0.05) is 18.2 Å². The summed E-state index contributed by atoms with van der Waals surface area (Å²) in [6.45, 7) is 2.98. The topological polar surface area (TPSA) is 32.3 Å². The van der Waals surface area contributed by atoms with Crippen LogP contribution in [0.2, 0.25) is 0 Å². The molecular formula is C15H22N2OS. The van der Waals surface area contributed by atoms with Crippen LogP contribution in [0.15, 0.2) is 24.3 Å². The van der Waals surface area contributed by atoms with Crippen molar-refractivity contribution >= 4 is 23.4 Å². The van der Waals surface area contributed by atoms with Gasteiger partial charge in [-0.05, 0) is 24.8 Å². The Labute approximate surface area is 119 Å². The van der Waals surface area contributed by atoms with Crippen LogP contribution < -0.4 is 5.32 Å². The van der Waals surface area contributed by atoms with E-state index in [-0.39, 0.29) is 5.91 Å². The number of carbonyl (C=O) groups is 1. The number of para-hydroxylation sites is 1. The molecule has 0 aromatic heterocycles. The third-order valence-corrected chi connectivity index (χ3v) is 4.64. The predicted octanol–water partition coefficient (Wildman–Crippen LogP) is 2.80. The largest absolute Gasteiger partial charge is 0.384 e. The molecule has 0 spiro atoms. The zero-order valence-electron chi connectivity index (χ0n) is 11.8. The van der Waals surface area contributed by atoms with Gasteiger partial charge in [0.05, 0.1) is 0 Å². The fourth-order valence-electron chi connectivity index (χ4n) is 2.49. The van der Waals surface area contributed by atoms with Crippen LogP contribution in [0.1, 0.15) is 24.8 Å². The zero-order chi connectivity index (χ0) is 13.8. The summed E-state index contributed by atoms with van der Waals surface area (Å²) in [4.78, 5) is 14.2. The van der Waals surface area contributed by atoms with Crippen molar-refractivity contribution in [3.63, 3.8) is 0 Å². The first-order chi connectivity index (χ1) is 9.13. The molecule has 2 unspecified atom stereocenters. The molecule has 1 aliphatic rings. The first-order valence-corrected chi connectivity index (χ1v) is 8.10. The summed E-state index contributed by atoms with van der Waals surface area (Å²) in [5, 5.41) is 3.37. The van der Waals surface area contributed by atoms with Crippen molar-refractivity contribution in [3.8, 4) is 0 Å². The van der Waals surface area contributed by atoms with Gasteiger partial charge in [0.25, 0.3) is 0 Å². The Morgan fingerprint density at radius 2 is 2.26 bits per heavy atom. The van der Waals surface area contributed by atoms with Crippen LogP contribution in [-0.4, -0.2) is 42.4 Å². The summed E-state index contributed by atoms with van der Waals surface area (Å²) >= 11 is 1.78. The van der Waals surface area contributed by atoms with E-state index in [4.69, 9.17) is 0 Å². The first-order valence-electron chi connectivity index (χ1n) is 6.71. The lowest BCUT2D eigenvalue weighted by Crippen LogP contribution is -2.37. The molecule has 1 N–H and O–H groups in total. The lowest BCUT2D eigenvalue weighted by Gasteiger charge is -2.25. The van der Waals surface area contributed by atoms with Gasteiger partial charge in [0.15, 0.2) is 0 Å². The number of nitrogens with zero attached hydrogens (tertiary/aromatic N) is 1. The Morgan fingerprint density at radius 1 is 1.53 bits per heavy atom. The molecule has 19 heavy (non-hydrogen) atoms. The number of amides is 1. The Kier molecular flexibility index (Phi) is 4.75. The number of carbonyl (C=O) groups excluding carboxylic acids is 1. The monoisotopic (exact) mass is 278 g/mol. The van der Waals surface area contributed by atoms with Crippen molar-refractivity contribution < 1.29 is 4.79 Å². The van der Waals surface area contributed by atoms with Gasteiger partial charge in [-0.3, -0.25) is 4.79 Å². The second kappa shape index (κ2) is 6.33. The van der Waals surface area contributed by atoms with E-state index in [9.17, 15) is 4.79 Å². The molecule has 0 fully saturated rings. The molecule has 0 bridgehead atoms. The van der Waals surface area contributed by atoms with Gasteiger partial charge in [0, 0.05) is 43.4 Å². The average Bonchev–Trinajstić information content (AvgIpc) is 2.81. The summed E-state index contributed by atoms with van der Waals surface area (Å²) in [6.07, 6.45) is 2.67. The number of thioether (sulfide) groups is 1. The Bertz CT molecular complexity index is 450. The molecule has 3 nitrogen and oxygen atoms in total. The maximum Gasteiger partial charge on any atom is 0.223 e. The molecule has 0 saturated heterocycles. The third kappa shape index (κ3) is 3.24. The van der Waals surface area contributed by atoms with Gasteiger partial charge in [-0.25, -0.2) is 0 Å². The molecule has 0 saturated carbocycles. The fourth-order valence-corrected chi connectivity index (χ4v) is 3.20. The van der Waals surface area contributed by atoms with Gasteiger partial charge in [-0.15, -0.1) is 0 Å². The van der Waals surface area contributed by atoms with E-state index in [2.05, 4.69) is 30.6 Å². The number of hydrogen-bond donors (Lipinski definition) is 1. The second-order valence-electron chi connectivity index (χ2n) is 5.18. The minimum absolute atomic E-state index is 0.241. The van der Waals surface area contributed by atoms with Crippen molar-refractivity contribution in [2.75, 3.05) is 30.9 Å². The summed E-state index contributed by atoms with van der Waals surface area (Å²) in [6, 6.07) is 8.58. The lowest BCUT2D eigenvalue weighted by molar-refractivity contribution is -0.131. The second-order valence-corrected chi connectivity index (χ2v) is 6.09. The van der Waals surface area contributed by atoms with Gasteiger partial charge in [-0.2, -0.15) is 11.8 Å². The van der Waals surface area contributed by atoms with E-state index in [0.29, 0.717) is 18.4 Å². The molecule has 1 aliphatic heterocycles. The molecule has 2 atom stereocenters. The van der Waals surface area contributed by atoms with E-state index in [1.54, 1.807) is 11.8 Å². The van der Waals surface area contributed by atoms with Crippen molar-refractivity contribution in [3.05, 3.63) is 29.8 Å². The maximum atomic E-state index is 12.3. The Morgan fingerprint density at radius 3 is 3.00 bits per heavy atom. The number of anilines is 1. The number of fused-ring (bicyclic) bond motifs is 1. The molecule has 1 heterocycles. The van der Waals surface area contributed by atoms with Gasteiger partial charge in [0.1, 0.15) is 0 Å². The minimum atomic E-state index is 0.241. The van der Waals surface area contributed by atoms with Crippen LogP contribution in [-0.2, 0) is 4.79 Å². The minimum Gasteiger partial charge on any atom is -0.384 e. The molecule has 2 rings (SSSR count).